The average molecular weight is 945 g/mol. The first-order chi connectivity index (χ1) is 33.7. The van der Waals surface area contributed by atoms with Crippen molar-refractivity contribution in [2.75, 3.05) is 9.80 Å². The van der Waals surface area contributed by atoms with Crippen LogP contribution >= 0.6 is 0 Å². The van der Waals surface area contributed by atoms with Crippen molar-refractivity contribution in [2.24, 2.45) is 0 Å². The molecule has 4 heteroatoms. The number of anilines is 6. The molecule has 0 unspecified atom stereocenters. The summed E-state index contributed by atoms with van der Waals surface area (Å²) in [5.74, 6) is 0. The molecule has 8 aromatic rings. The van der Waals surface area contributed by atoms with E-state index in [4.69, 9.17) is 4.42 Å². The fraction of sp³-hybridized carbons (Fsp3) is 0.382. The number of furan rings is 1. The van der Waals surface area contributed by atoms with E-state index in [-0.39, 0.29) is 44.6 Å². The van der Waals surface area contributed by atoms with Crippen molar-refractivity contribution in [1.82, 2.24) is 0 Å². The summed E-state index contributed by atoms with van der Waals surface area (Å²) in [6, 6.07) is 45.8. The Hall–Kier alpha value is -6.00. The number of hydrogen-bond acceptors (Lipinski definition) is 3. The Labute approximate surface area is 430 Å². The number of para-hydroxylation sites is 1. The van der Waals surface area contributed by atoms with E-state index in [0.717, 1.165) is 35.8 Å². The highest BCUT2D eigenvalue weighted by Crippen LogP contribution is 2.57. The number of hydrogen-bond donors (Lipinski definition) is 0. The maximum Gasteiger partial charge on any atom is 0.252 e. The lowest BCUT2D eigenvalue weighted by Gasteiger charge is -2.46. The van der Waals surface area contributed by atoms with E-state index in [1.807, 2.05) is 0 Å². The van der Waals surface area contributed by atoms with Gasteiger partial charge < -0.3 is 14.2 Å². The quantitative estimate of drug-likeness (QED) is 0.165. The Kier molecular flexibility index (Phi) is 9.03. The fourth-order valence-electron chi connectivity index (χ4n) is 16.1. The van der Waals surface area contributed by atoms with Crippen LogP contribution in [0.3, 0.4) is 0 Å². The number of nitrogens with zero attached hydrogens (tertiary/aromatic N) is 2. The third-order valence-electron chi connectivity index (χ3n) is 18.6. The molecule has 0 fully saturated rings. The standard InChI is InChI=1S/C68H73BN2O/c1-39-28-46-49(67(13,14)37-64(46,7)8)34-54(39)71-53-27-24-40(43-21-19-23-59-60(43)44-20-17-18-22-58(44)72-59)29-51(53)69-52-33-48-50(68(15,16)38-66(48,11)12)35-55(52)70(56-30-41(62(2,3)4)31-57(71)61(56)69)42-25-26-45-47(32-42)65(9,10)36-63(45,5)6/h17-35H,36-38H2,1-16H3. The van der Waals surface area contributed by atoms with Gasteiger partial charge in [0.2, 0.25) is 0 Å². The predicted octanol–water partition coefficient (Wildman–Crippen LogP) is 16.8. The third-order valence-corrected chi connectivity index (χ3v) is 18.6. The topological polar surface area (TPSA) is 19.6 Å². The summed E-state index contributed by atoms with van der Waals surface area (Å²) in [6.07, 6.45) is 3.37. The zero-order valence-corrected chi connectivity index (χ0v) is 46.0. The fourth-order valence-corrected chi connectivity index (χ4v) is 16.1. The van der Waals surface area contributed by atoms with Crippen molar-refractivity contribution < 1.29 is 4.42 Å². The smallest absolute Gasteiger partial charge is 0.252 e. The molecule has 0 amide bonds. The van der Waals surface area contributed by atoms with Gasteiger partial charge in [0.05, 0.1) is 0 Å². The minimum atomic E-state index is -0.123. The van der Waals surface area contributed by atoms with Crippen molar-refractivity contribution in [3.05, 3.63) is 160 Å². The van der Waals surface area contributed by atoms with Crippen LogP contribution in [0.2, 0.25) is 0 Å². The lowest BCUT2D eigenvalue weighted by atomic mass is 9.33. The molecule has 13 rings (SSSR count). The molecular formula is C68H73BN2O. The molecular weight excluding hydrogens is 872 g/mol. The second kappa shape index (κ2) is 14.2. The molecule has 3 heterocycles. The predicted molar refractivity (Wildman–Crippen MR) is 309 cm³/mol. The normalized spacial score (nSPS) is 19.8. The van der Waals surface area contributed by atoms with Gasteiger partial charge in [-0.1, -0.05) is 165 Å². The van der Waals surface area contributed by atoms with Crippen molar-refractivity contribution in [2.45, 2.75) is 168 Å². The van der Waals surface area contributed by atoms with Gasteiger partial charge in [0, 0.05) is 44.9 Å². The van der Waals surface area contributed by atoms with E-state index in [1.54, 1.807) is 0 Å². The Balaban J connectivity index is 1.17. The number of fused-ring (bicyclic) bond motifs is 10. The third kappa shape index (κ3) is 6.29. The number of benzene rings is 7. The first-order valence-corrected chi connectivity index (χ1v) is 27.0. The van der Waals surface area contributed by atoms with Crippen LogP contribution in [0.1, 0.15) is 168 Å². The van der Waals surface area contributed by atoms with E-state index in [1.165, 1.54) is 112 Å². The zero-order valence-electron chi connectivity index (χ0n) is 46.0. The van der Waals surface area contributed by atoms with E-state index in [0.29, 0.717) is 0 Å². The Bertz CT molecular complexity index is 3700. The maximum absolute atomic E-state index is 6.55. The summed E-state index contributed by atoms with van der Waals surface area (Å²) in [4.78, 5) is 5.42. The summed E-state index contributed by atoms with van der Waals surface area (Å²) in [6.45, 7) is 39.1. The molecule has 0 spiro atoms. The zero-order chi connectivity index (χ0) is 50.8. The first-order valence-electron chi connectivity index (χ1n) is 27.0. The van der Waals surface area contributed by atoms with Crippen molar-refractivity contribution in [1.29, 1.82) is 0 Å². The number of aryl methyl sites for hydroxylation is 1. The van der Waals surface area contributed by atoms with Gasteiger partial charge in [0.1, 0.15) is 11.2 Å². The minimum absolute atomic E-state index is 0.0204. The van der Waals surface area contributed by atoms with Crippen molar-refractivity contribution >= 4 is 79.2 Å². The van der Waals surface area contributed by atoms with E-state index >= 15 is 0 Å². The van der Waals surface area contributed by atoms with Gasteiger partial charge in [-0.05, 0) is 191 Å². The monoisotopic (exact) mass is 945 g/mol. The van der Waals surface area contributed by atoms with Crippen molar-refractivity contribution in [3.8, 4) is 11.1 Å². The van der Waals surface area contributed by atoms with Gasteiger partial charge in [-0.3, -0.25) is 0 Å². The Morgan fingerprint density at radius 3 is 1.65 bits per heavy atom. The maximum atomic E-state index is 6.55. The summed E-state index contributed by atoms with van der Waals surface area (Å²) in [7, 11) is 0. The molecule has 0 atom stereocenters. The molecule has 0 radical (unpaired) electrons. The molecule has 0 N–H and O–H groups in total. The molecule has 2 aliphatic heterocycles. The van der Waals surface area contributed by atoms with E-state index in [2.05, 4.69) is 236 Å². The van der Waals surface area contributed by atoms with Crippen molar-refractivity contribution in [3.63, 3.8) is 0 Å². The minimum Gasteiger partial charge on any atom is -0.456 e. The second-order valence-corrected chi connectivity index (χ2v) is 28.0. The van der Waals surface area contributed by atoms with Gasteiger partial charge in [0.25, 0.3) is 6.71 Å². The van der Waals surface area contributed by atoms with Crippen LogP contribution < -0.4 is 26.2 Å². The summed E-state index contributed by atoms with van der Waals surface area (Å²) in [5, 5.41) is 2.33. The molecule has 72 heavy (non-hydrogen) atoms. The van der Waals surface area contributed by atoms with Gasteiger partial charge in [-0.25, -0.2) is 0 Å². The molecule has 0 saturated heterocycles. The highest BCUT2D eigenvalue weighted by Gasteiger charge is 2.50. The first kappa shape index (κ1) is 45.8. The number of rotatable bonds is 3. The SMILES string of the molecule is Cc1cc2c(cc1N1c3ccc(-c4cccc5oc6ccccc6c45)cc3B3c4cc5c(cc4N(c4ccc6c(c4)C(C)(C)CC6(C)C)c4cc(C(C)(C)C)cc1c43)C(C)(C)CC5(C)C)C(C)(C)CC2(C)C. The lowest BCUT2D eigenvalue weighted by Crippen LogP contribution is -2.61. The Morgan fingerprint density at radius 1 is 0.458 bits per heavy atom. The van der Waals surface area contributed by atoms with Crippen LogP contribution in [0, 0.1) is 6.92 Å². The second-order valence-electron chi connectivity index (χ2n) is 28.0. The largest absolute Gasteiger partial charge is 0.456 e. The molecule has 3 nitrogen and oxygen atoms in total. The summed E-state index contributed by atoms with van der Waals surface area (Å²) >= 11 is 0. The highest BCUT2D eigenvalue weighted by molar-refractivity contribution is 7.00. The van der Waals surface area contributed by atoms with Gasteiger partial charge in [0.15, 0.2) is 0 Å². The van der Waals surface area contributed by atoms with Crippen LogP contribution in [0.4, 0.5) is 34.1 Å². The molecule has 5 aliphatic rings. The molecule has 364 valence electrons. The van der Waals surface area contributed by atoms with E-state index in [9.17, 15) is 0 Å². The molecule has 7 aromatic carbocycles. The summed E-state index contributed by atoms with van der Waals surface area (Å²) in [5.41, 5.74) is 27.9. The van der Waals surface area contributed by atoms with Crippen LogP contribution in [0.25, 0.3) is 33.1 Å². The molecule has 1 aromatic heterocycles. The van der Waals surface area contributed by atoms with Crippen LogP contribution in [0.5, 0.6) is 0 Å². The lowest BCUT2D eigenvalue weighted by molar-refractivity contribution is 0.402. The Morgan fingerprint density at radius 2 is 1.00 bits per heavy atom. The van der Waals surface area contributed by atoms with Gasteiger partial charge in [-0.15, -0.1) is 0 Å². The van der Waals surface area contributed by atoms with E-state index < -0.39 is 0 Å². The molecule has 0 bridgehead atoms. The van der Waals surface area contributed by atoms with Gasteiger partial charge in [-0.2, -0.15) is 0 Å². The van der Waals surface area contributed by atoms with Crippen LogP contribution in [-0.4, -0.2) is 6.71 Å². The van der Waals surface area contributed by atoms with Crippen LogP contribution in [0.15, 0.2) is 120 Å². The average Bonchev–Trinajstić information content (AvgIpc) is 3.89. The highest BCUT2D eigenvalue weighted by atomic mass is 16.3. The van der Waals surface area contributed by atoms with Crippen LogP contribution in [-0.2, 0) is 37.9 Å². The van der Waals surface area contributed by atoms with Gasteiger partial charge >= 0.3 is 0 Å². The molecule has 3 aliphatic carbocycles. The molecule has 0 saturated carbocycles. The summed E-state index contributed by atoms with van der Waals surface area (Å²) < 4.78 is 6.55.